The van der Waals surface area contributed by atoms with Gasteiger partial charge < -0.3 is 21.3 Å². The maximum atomic E-state index is 5.89. The smallest absolute Gasteiger partial charge is 0.0447 e. The van der Waals surface area contributed by atoms with E-state index >= 15 is 0 Å². The van der Waals surface area contributed by atoms with Crippen molar-refractivity contribution in [2.75, 3.05) is 34.4 Å². The lowest BCUT2D eigenvalue weighted by atomic mass is 9.96. The summed E-state index contributed by atoms with van der Waals surface area (Å²) in [7, 11) is 0. The zero-order valence-electron chi connectivity index (χ0n) is 19.5. The van der Waals surface area contributed by atoms with Crippen LogP contribution in [-0.4, -0.2) is 13.1 Å². The van der Waals surface area contributed by atoms with Gasteiger partial charge >= 0.3 is 0 Å². The molecule has 0 saturated heterocycles. The Hall–Kier alpha value is -3.92. The Balaban J connectivity index is 1.23. The fraction of sp³-hybridized carbons (Fsp3) is 0.200. The van der Waals surface area contributed by atoms with Crippen LogP contribution in [0.2, 0.25) is 0 Å². The Morgan fingerprint density at radius 1 is 0.706 bits per heavy atom. The molecule has 2 heterocycles. The number of anilines is 6. The highest BCUT2D eigenvalue weighted by molar-refractivity contribution is 5.73. The molecule has 0 saturated carbocycles. The second kappa shape index (κ2) is 8.14. The molecule has 0 aliphatic carbocycles. The average Bonchev–Trinajstić information content (AvgIpc) is 3.41. The molecule has 0 aromatic heterocycles. The molecule has 6 rings (SSSR count). The van der Waals surface area contributed by atoms with E-state index in [0.717, 1.165) is 37.3 Å². The van der Waals surface area contributed by atoms with Crippen LogP contribution in [0.5, 0.6) is 0 Å². The number of nitrogens with two attached hydrogens (primary N) is 2. The van der Waals surface area contributed by atoms with Crippen molar-refractivity contribution < 1.29 is 0 Å². The third-order valence-electron chi connectivity index (χ3n) is 7.23. The molecule has 4 aromatic carbocycles. The molecule has 0 radical (unpaired) electrons. The predicted molar refractivity (Wildman–Crippen MR) is 144 cm³/mol. The maximum absolute atomic E-state index is 5.89. The molecule has 2 aliphatic rings. The van der Waals surface area contributed by atoms with Crippen molar-refractivity contribution in [3.05, 3.63) is 107 Å². The molecule has 1 unspecified atom stereocenters. The molecule has 4 aromatic rings. The van der Waals surface area contributed by atoms with Crippen LogP contribution in [0.1, 0.15) is 35.1 Å². The molecule has 2 aliphatic heterocycles. The number of hydrogen-bond donors (Lipinski definition) is 2. The summed E-state index contributed by atoms with van der Waals surface area (Å²) >= 11 is 0. The standard InChI is InChI=1S/C30H30N4/c1-20-19-34(27-10-6-25(32)7-11-27)30-13-3-22(18-28(20)30)16-21-2-12-29-23(17-21)14-15-33(29)26-8-4-24(31)5-9-26/h2-13,17-18,20H,14-16,19,31-32H2,1H3. The summed E-state index contributed by atoms with van der Waals surface area (Å²) in [6, 6.07) is 30.3. The van der Waals surface area contributed by atoms with Crippen molar-refractivity contribution in [2.24, 2.45) is 0 Å². The first-order valence-corrected chi connectivity index (χ1v) is 12.1. The van der Waals surface area contributed by atoms with Crippen LogP contribution >= 0.6 is 0 Å². The number of fused-ring (bicyclic) bond motifs is 2. The molecule has 1 atom stereocenters. The van der Waals surface area contributed by atoms with Gasteiger partial charge in [-0.25, -0.2) is 0 Å². The Kier molecular flexibility index (Phi) is 4.95. The number of benzene rings is 4. The third kappa shape index (κ3) is 3.65. The van der Waals surface area contributed by atoms with Gasteiger partial charge in [0.25, 0.3) is 0 Å². The Morgan fingerprint density at radius 3 is 1.97 bits per heavy atom. The van der Waals surface area contributed by atoms with Crippen LogP contribution in [0.3, 0.4) is 0 Å². The summed E-state index contributed by atoms with van der Waals surface area (Å²) in [6.07, 6.45) is 2.03. The van der Waals surface area contributed by atoms with E-state index < -0.39 is 0 Å². The zero-order chi connectivity index (χ0) is 23.2. The van der Waals surface area contributed by atoms with Gasteiger partial charge in [0.1, 0.15) is 0 Å². The lowest BCUT2D eigenvalue weighted by molar-refractivity contribution is 0.812. The predicted octanol–water partition coefficient (Wildman–Crippen LogP) is 6.39. The fourth-order valence-electron chi connectivity index (χ4n) is 5.45. The minimum absolute atomic E-state index is 0.501. The van der Waals surface area contributed by atoms with Gasteiger partial charge in [0, 0.05) is 53.1 Å². The quantitative estimate of drug-likeness (QED) is 0.357. The molecule has 34 heavy (non-hydrogen) atoms. The lowest BCUT2D eigenvalue weighted by Crippen LogP contribution is -2.14. The Morgan fingerprint density at radius 2 is 1.29 bits per heavy atom. The van der Waals surface area contributed by atoms with E-state index in [4.69, 9.17) is 11.5 Å². The molecule has 4 N–H and O–H groups in total. The van der Waals surface area contributed by atoms with E-state index in [1.807, 2.05) is 24.3 Å². The molecule has 4 heteroatoms. The van der Waals surface area contributed by atoms with Gasteiger partial charge in [-0.1, -0.05) is 31.2 Å². The minimum atomic E-state index is 0.501. The van der Waals surface area contributed by atoms with Crippen LogP contribution in [0.15, 0.2) is 84.9 Å². The van der Waals surface area contributed by atoms with Gasteiger partial charge in [-0.2, -0.15) is 0 Å². The largest absolute Gasteiger partial charge is 0.399 e. The molecule has 0 fully saturated rings. The average molecular weight is 447 g/mol. The summed E-state index contributed by atoms with van der Waals surface area (Å²) in [5, 5.41) is 0. The molecular formula is C30H30N4. The lowest BCUT2D eigenvalue weighted by Gasteiger charge is -2.20. The van der Waals surface area contributed by atoms with Gasteiger partial charge in [-0.3, -0.25) is 0 Å². The molecular weight excluding hydrogens is 416 g/mol. The summed E-state index contributed by atoms with van der Waals surface area (Å²) in [5.41, 5.74) is 24.0. The monoisotopic (exact) mass is 446 g/mol. The van der Waals surface area contributed by atoms with Crippen molar-refractivity contribution in [1.82, 2.24) is 0 Å². The highest BCUT2D eigenvalue weighted by Gasteiger charge is 2.27. The summed E-state index contributed by atoms with van der Waals surface area (Å²) in [4.78, 5) is 4.80. The van der Waals surface area contributed by atoms with Gasteiger partial charge in [0.05, 0.1) is 0 Å². The Labute approximate surface area is 201 Å². The van der Waals surface area contributed by atoms with Crippen molar-refractivity contribution in [3.8, 4) is 0 Å². The zero-order valence-corrected chi connectivity index (χ0v) is 19.5. The minimum Gasteiger partial charge on any atom is -0.399 e. The van der Waals surface area contributed by atoms with Gasteiger partial charge in [-0.05, 0) is 95.8 Å². The van der Waals surface area contributed by atoms with Crippen LogP contribution in [-0.2, 0) is 12.8 Å². The number of rotatable bonds is 4. The van der Waals surface area contributed by atoms with Gasteiger partial charge in [-0.15, -0.1) is 0 Å². The highest BCUT2D eigenvalue weighted by atomic mass is 15.2. The first-order valence-electron chi connectivity index (χ1n) is 12.1. The number of nitrogen functional groups attached to an aromatic ring is 2. The van der Waals surface area contributed by atoms with Crippen molar-refractivity contribution >= 4 is 34.1 Å². The van der Waals surface area contributed by atoms with E-state index in [1.54, 1.807) is 0 Å². The van der Waals surface area contributed by atoms with Gasteiger partial charge in [0.2, 0.25) is 0 Å². The summed E-state index contributed by atoms with van der Waals surface area (Å²) < 4.78 is 0. The molecule has 4 nitrogen and oxygen atoms in total. The second-order valence-corrected chi connectivity index (χ2v) is 9.63. The second-order valence-electron chi connectivity index (χ2n) is 9.63. The van der Waals surface area contributed by atoms with E-state index in [0.29, 0.717) is 5.92 Å². The van der Waals surface area contributed by atoms with E-state index in [2.05, 4.69) is 77.4 Å². The molecule has 0 spiro atoms. The number of nitrogens with zero attached hydrogens (tertiary/aromatic N) is 2. The Bertz CT molecular complexity index is 1340. The van der Waals surface area contributed by atoms with Crippen LogP contribution in [0.4, 0.5) is 34.1 Å². The summed E-state index contributed by atoms with van der Waals surface area (Å²) in [6.45, 7) is 4.34. The van der Waals surface area contributed by atoms with Crippen molar-refractivity contribution in [1.29, 1.82) is 0 Å². The summed E-state index contributed by atoms with van der Waals surface area (Å²) in [5.74, 6) is 0.501. The van der Waals surface area contributed by atoms with E-state index in [9.17, 15) is 0 Å². The van der Waals surface area contributed by atoms with Gasteiger partial charge in [0.15, 0.2) is 0 Å². The molecule has 0 amide bonds. The highest BCUT2D eigenvalue weighted by Crippen LogP contribution is 2.42. The first kappa shape index (κ1) is 20.7. The fourth-order valence-corrected chi connectivity index (χ4v) is 5.45. The SMILES string of the molecule is CC1CN(c2ccc(N)cc2)c2ccc(Cc3ccc4c(c3)CCN4c3ccc(N)cc3)cc21. The number of hydrogen-bond acceptors (Lipinski definition) is 4. The van der Waals surface area contributed by atoms with Crippen LogP contribution < -0.4 is 21.3 Å². The molecule has 170 valence electrons. The van der Waals surface area contributed by atoms with E-state index in [-0.39, 0.29) is 0 Å². The maximum Gasteiger partial charge on any atom is 0.0447 e. The topological polar surface area (TPSA) is 58.5 Å². The van der Waals surface area contributed by atoms with Crippen molar-refractivity contribution in [3.63, 3.8) is 0 Å². The first-order chi connectivity index (χ1) is 16.5. The normalized spacial score (nSPS) is 16.6. The van der Waals surface area contributed by atoms with Crippen LogP contribution in [0.25, 0.3) is 0 Å². The van der Waals surface area contributed by atoms with E-state index in [1.165, 1.54) is 45.0 Å². The molecule has 0 bridgehead atoms. The third-order valence-corrected chi connectivity index (χ3v) is 7.23. The van der Waals surface area contributed by atoms with Crippen LogP contribution in [0, 0.1) is 0 Å². The van der Waals surface area contributed by atoms with Crippen molar-refractivity contribution in [2.45, 2.75) is 25.7 Å².